The minimum atomic E-state index is 0.490. The zero-order valence-corrected chi connectivity index (χ0v) is 8.21. The van der Waals surface area contributed by atoms with Gasteiger partial charge in [0.2, 0.25) is 0 Å². The SMILES string of the molecule is CC(C)SCCn1ncc(N)n1. The van der Waals surface area contributed by atoms with Crippen LogP contribution >= 0.6 is 11.8 Å². The van der Waals surface area contributed by atoms with Gasteiger partial charge in [0.05, 0.1) is 12.7 Å². The summed E-state index contributed by atoms with van der Waals surface area (Å²) in [5, 5.41) is 8.62. The third-order valence-corrected chi connectivity index (χ3v) is 2.38. The molecule has 0 amide bonds. The number of hydrogen-bond acceptors (Lipinski definition) is 4. The van der Waals surface area contributed by atoms with Gasteiger partial charge in [-0.25, -0.2) is 0 Å². The van der Waals surface area contributed by atoms with Gasteiger partial charge in [0.25, 0.3) is 0 Å². The number of nitrogens with two attached hydrogens (primary N) is 1. The first-order chi connectivity index (χ1) is 5.68. The quantitative estimate of drug-likeness (QED) is 0.762. The summed E-state index contributed by atoms with van der Waals surface area (Å²) in [5.74, 6) is 1.52. The molecule has 0 spiro atoms. The molecule has 0 bridgehead atoms. The Morgan fingerprint density at radius 2 is 2.42 bits per heavy atom. The van der Waals surface area contributed by atoms with Gasteiger partial charge in [-0.2, -0.15) is 21.7 Å². The summed E-state index contributed by atoms with van der Waals surface area (Å²) in [5.41, 5.74) is 5.41. The number of thioether (sulfide) groups is 1. The fourth-order valence-electron chi connectivity index (χ4n) is 0.789. The van der Waals surface area contributed by atoms with E-state index < -0.39 is 0 Å². The maximum absolute atomic E-state index is 5.41. The first-order valence-electron chi connectivity index (χ1n) is 3.95. The summed E-state index contributed by atoms with van der Waals surface area (Å²) < 4.78 is 0. The number of aromatic nitrogens is 3. The van der Waals surface area contributed by atoms with Gasteiger partial charge in [0.15, 0.2) is 5.82 Å². The summed E-state index contributed by atoms with van der Waals surface area (Å²) in [7, 11) is 0. The average Bonchev–Trinajstić information content (AvgIpc) is 2.35. The maximum Gasteiger partial charge on any atom is 0.165 e. The summed E-state index contributed by atoms with van der Waals surface area (Å²) in [6.45, 7) is 5.19. The van der Waals surface area contributed by atoms with Gasteiger partial charge in [-0.05, 0) is 5.25 Å². The number of aryl methyl sites for hydroxylation is 1. The largest absolute Gasteiger partial charge is 0.381 e. The number of rotatable bonds is 4. The van der Waals surface area contributed by atoms with Crippen LogP contribution in [0.4, 0.5) is 5.82 Å². The lowest BCUT2D eigenvalue weighted by Crippen LogP contribution is -2.06. The molecule has 0 radical (unpaired) electrons. The molecule has 4 nitrogen and oxygen atoms in total. The Kier molecular flexibility index (Phi) is 3.40. The van der Waals surface area contributed by atoms with Gasteiger partial charge < -0.3 is 5.73 Å². The second kappa shape index (κ2) is 4.35. The van der Waals surface area contributed by atoms with Crippen LogP contribution in [0.5, 0.6) is 0 Å². The van der Waals surface area contributed by atoms with Crippen molar-refractivity contribution in [2.45, 2.75) is 25.6 Å². The lowest BCUT2D eigenvalue weighted by molar-refractivity contribution is 0.576. The standard InChI is InChI=1S/C7H14N4S/c1-6(2)12-4-3-11-9-5-7(8)10-11/h5-6H,3-4H2,1-2H3,(H2,8,10). The summed E-state index contributed by atoms with van der Waals surface area (Å²) >= 11 is 1.89. The first-order valence-corrected chi connectivity index (χ1v) is 5.00. The molecule has 0 saturated heterocycles. The van der Waals surface area contributed by atoms with E-state index in [-0.39, 0.29) is 0 Å². The lowest BCUT2D eigenvalue weighted by Gasteiger charge is -2.02. The average molecular weight is 186 g/mol. The Bertz CT molecular complexity index is 233. The second-order valence-corrected chi connectivity index (χ2v) is 4.47. The maximum atomic E-state index is 5.41. The number of hydrogen-bond donors (Lipinski definition) is 1. The van der Waals surface area contributed by atoms with Gasteiger partial charge in [0.1, 0.15) is 0 Å². The van der Waals surface area contributed by atoms with E-state index >= 15 is 0 Å². The highest BCUT2D eigenvalue weighted by atomic mass is 32.2. The molecule has 0 aliphatic heterocycles. The van der Waals surface area contributed by atoms with E-state index in [4.69, 9.17) is 5.73 Å². The van der Waals surface area contributed by atoms with Gasteiger partial charge in [-0.15, -0.1) is 5.10 Å². The van der Waals surface area contributed by atoms with Crippen LogP contribution in [0.15, 0.2) is 6.20 Å². The van der Waals surface area contributed by atoms with Gasteiger partial charge >= 0.3 is 0 Å². The molecule has 0 atom stereocenters. The zero-order chi connectivity index (χ0) is 8.97. The highest BCUT2D eigenvalue weighted by Crippen LogP contribution is 2.08. The van der Waals surface area contributed by atoms with Crippen molar-refractivity contribution in [1.29, 1.82) is 0 Å². The minimum absolute atomic E-state index is 0.490. The van der Waals surface area contributed by atoms with Crippen molar-refractivity contribution in [3.63, 3.8) is 0 Å². The van der Waals surface area contributed by atoms with Crippen molar-refractivity contribution in [3.05, 3.63) is 6.20 Å². The normalized spacial score (nSPS) is 10.9. The van der Waals surface area contributed by atoms with E-state index in [0.29, 0.717) is 11.1 Å². The molecule has 0 aliphatic carbocycles. The fraction of sp³-hybridized carbons (Fsp3) is 0.714. The van der Waals surface area contributed by atoms with Crippen molar-refractivity contribution in [2.24, 2.45) is 0 Å². The van der Waals surface area contributed by atoms with Gasteiger partial charge in [-0.1, -0.05) is 13.8 Å². The van der Waals surface area contributed by atoms with Crippen LogP contribution in [-0.2, 0) is 6.54 Å². The Balaban J connectivity index is 2.24. The monoisotopic (exact) mass is 186 g/mol. The summed E-state index contributed by atoms with van der Waals surface area (Å²) in [6, 6.07) is 0. The Morgan fingerprint density at radius 3 is 2.92 bits per heavy atom. The zero-order valence-electron chi connectivity index (χ0n) is 7.40. The van der Waals surface area contributed by atoms with Gasteiger partial charge in [-0.3, -0.25) is 0 Å². The predicted octanol–water partition coefficient (Wildman–Crippen LogP) is 1.00. The molecule has 1 heterocycles. The third-order valence-electron chi connectivity index (χ3n) is 1.30. The molecule has 0 fully saturated rings. The number of anilines is 1. The number of nitrogens with zero attached hydrogens (tertiary/aromatic N) is 3. The molecule has 12 heavy (non-hydrogen) atoms. The third kappa shape index (κ3) is 3.13. The molecule has 68 valence electrons. The molecule has 0 saturated carbocycles. The van der Waals surface area contributed by atoms with Crippen LogP contribution in [0.2, 0.25) is 0 Å². The highest BCUT2D eigenvalue weighted by molar-refractivity contribution is 7.99. The summed E-state index contributed by atoms with van der Waals surface area (Å²) in [4.78, 5) is 1.63. The van der Waals surface area contributed by atoms with Crippen molar-refractivity contribution in [1.82, 2.24) is 15.0 Å². The van der Waals surface area contributed by atoms with E-state index in [2.05, 4.69) is 24.0 Å². The number of nitrogen functional groups attached to an aromatic ring is 1. The molecule has 0 unspecified atom stereocenters. The van der Waals surface area contributed by atoms with E-state index in [1.54, 1.807) is 11.0 Å². The highest BCUT2D eigenvalue weighted by Gasteiger charge is 1.97. The first kappa shape index (κ1) is 9.38. The molecule has 0 aromatic carbocycles. The molecule has 1 aromatic rings. The van der Waals surface area contributed by atoms with Gasteiger partial charge in [0, 0.05) is 5.75 Å². The van der Waals surface area contributed by atoms with Crippen LogP contribution in [0, 0.1) is 0 Å². The topological polar surface area (TPSA) is 56.7 Å². The lowest BCUT2D eigenvalue weighted by atomic mass is 10.6. The minimum Gasteiger partial charge on any atom is -0.381 e. The van der Waals surface area contributed by atoms with Crippen LogP contribution in [0.25, 0.3) is 0 Å². The van der Waals surface area contributed by atoms with Crippen LogP contribution < -0.4 is 5.73 Å². The molecule has 1 rings (SSSR count). The van der Waals surface area contributed by atoms with Crippen LogP contribution in [-0.4, -0.2) is 26.0 Å². The van der Waals surface area contributed by atoms with Crippen molar-refractivity contribution in [3.8, 4) is 0 Å². The van der Waals surface area contributed by atoms with E-state index in [0.717, 1.165) is 12.3 Å². The van der Waals surface area contributed by atoms with Crippen LogP contribution in [0.1, 0.15) is 13.8 Å². The van der Waals surface area contributed by atoms with Crippen molar-refractivity contribution >= 4 is 17.6 Å². The van der Waals surface area contributed by atoms with Crippen LogP contribution in [0.3, 0.4) is 0 Å². The second-order valence-electron chi connectivity index (χ2n) is 2.78. The van der Waals surface area contributed by atoms with E-state index in [9.17, 15) is 0 Å². The van der Waals surface area contributed by atoms with E-state index in [1.807, 2.05) is 11.8 Å². The fourth-order valence-corrected chi connectivity index (χ4v) is 1.53. The predicted molar refractivity (Wildman–Crippen MR) is 52.0 cm³/mol. The molecule has 1 aromatic heterocycles. The Labute approximate surface area is 76.5 Å². The Hall–Kier alpha value is -0.710. The smallest absolute Gasteiger partial charge is 0.165 e. The molecule has 0 aliphatic rings. The molecule has 2 N–H and O–H groups in total. The molecular formula is C7H14N4S. The summed E-state index contributed by atoms with van der Waals surface area (Å²) in [6.07, 6.45) is 1.57. The Morgan fingerprint density at radius 1 is 1.67 bits per heavy atom. The van der Waals surface area contributed by atoms with Crippen molar-refractivity contribution < 1.29 is 0 Å². The van der Waals surface area contributed by atoms with E-state index in [1.165, 1.54) is 0 Å². The molecular weight excluding hydrogens is 172 g/mol. The molecule has 5 heteroatoms. The van der Waals surface area contributed by atoms with Crippen molar-refractivity contribution in [2.75, 3.05) is 11.5 Å².